The van der Waals surface area contributed by atoms with Crippen molar-refractivity contribution in [1.82, 2.24) is 9.91 Å². The Bertz CT molecular complexity index is 1220. The summed E-state index contributed by atoms with van der Waals surface area (Å²) in [5, 5.41) is 6.32. The molecular formula is C30H32FN3O2. The van der Waals surface area contributed by atoms with Crippen molar-refractivity contribution in [2.24, 2.45) is 11.0 Å². The van der Waals surface area contributed by atoms with Crippen molar-refractivity contribution in [1.29, 1.82) is 0 Å². The van der Waals surface area contributed by atoms with E-state index in [0.717, 1.165) is 49.2 Å². The summed E-state index contributed by atoms with van der Waals surface area (Å²) in [7, 11) is 1.63. The highest BCUT2D eigenvalue weighted by molar-refractivity contribution is 6.05. The van der Waals surface area contributed by atoms with Crippen molar-refractivity contribution >= 4 is 11.6 Å². The number of para-hydroxylation sites is 1. The molecule has 1 saturated heterocycles. The van der Waals surface area contributed by atoms with Gasteiger partial charge in [0, 0.05) is 12.0 Å². The van der Waals surface area contributed by atoms with Crippen LogP contribution in [0.1, 0.15) is 42.0 Å². The number of piperidine rings is 1. The van der Waals surface area contributed by atoms with Crippen LogP contribution < -0.4 is 4.74 Å². The minimum atomic E-state index is -0.344. The van der Waals surface area contributed by atoms with Gasteiger partial charge in [0.15, 0.2) is 0 Å². The van der Waals surface area contributed by atoms with E-state index in [4.69, 9.17) is 9.84 Å². The fraction of sp³-hybridized carbons (Fsp3) is 0.333. The maximum Gasteiger partial charge on any atom is 0.257 e. The van der Waals surface area contributed by atoms with Crippen molar-refractivity contribution < 1.29 is 13.9 Å². The molecule has 186 valence electrons. The van der Waals surface area contributed by atoms with Gasteiger partial charge in [-0.2, -0.15) is 5.10 Å². The Labute approximate surface area is 212 Å². The maximum atomic E-state index is 14.1. The molecule has 0 radical (unpaired) electrons. The highest BCUT2D eigenvalue weighted by Crippen LogP contribution is 2.35. The molecule has 1 amide bonds. The second-order valence-corrected chi connectivity index (χ2v) is 9.67. The molecule has 0 bridgehead atoms. The minimum absolute atomic E-state index is 0.0596. The largest absolute Gasteiger partial charge is 0.496 e. The zero-order valence-corrected chi connectivity index (χ0v) is 20.6. The molecule has 5 rings (SSSR count). The quantitative estimate of drug-likeness (QED) is 0.446. The number of nitrogens with zero attached hydrogens (tertiary/aromatic N) is 3. The third-order valence-corrected chi connectivity index (χ3v) is 7.25. The lowest BCUT2D eigenvalue weighted by atomic mass is 9.90. The molecule has 0 aliphatic carbocycles. The van der Waals surface area contributed by atoms with Crippen molar-refractivity contribution in [2.45, 2.75) is 31.7 Å². The van der Waals surface area contributed by atoms with Crippen LogP contribution in [-0.2, 0) is 11.2 Å². The van der Waals surface area contributed by atoms with Crippen LogP contribution in [0, 0.1) is 11.7 Å². The van der Waals surface area contributed by atoms with E-state index in [9.17, 15) is 9.18 Å². The first-order valence-electron chi connectivity index (χ1n) is 12.7. The summed E-state index contributed by atoms with van der Waals surface area (Å²) in [5.74, 6) is 0.978. The fourth-order valence-electron chi connectivity index (χ4n) is 5.32. The van der Waals surface area contributed by atoms with Crippen LogP contribution in [0.4, 0.5) is 4.39 Å². The Morgan fingerprint density at radius 1 is 1.00 bits per heavy atom. The van der Waals surface area contributed by atoms with E-state index < -0.39 is 0 Å². The van der Waals surface area contributed by atoms with Gasteiger partial charge in [0.25, 0.3) is 5.91 Å². The number of carbonyl (C=O) groups excluding carboxylic acids is 1. The van der Waals surface area contributed by atoms with Gasteiger partial charge in [-0.3, -0.25) is 9.69 Å². The molecule has 6 heteroatoms. The number of hydrogen-bond donors (Lipinski definition) is 0. The third kappa shape index (κ3) is 5.49. The van der Waals surface area contributed by atoms with Gasteiger partial charge >= 0.3 is 0 Å². The van der Waals surface area contributed by atoms with Crippen LogP contribution in [0.5, 0.6) is 5.75 Å². The number of rotatable bonds is 7. The summed E-state index contributed by atoms with van der Waals surface area (Å²) < 4.78 is 19.6. The summed E-state index contributed by atoms with van der Waals surface area (Å²) in [4.78, 5) is 15.8. The molecule has 5 nitrogen and oxygen atoms in total. The molecule has 1 fully saturated rings. The first-order chi connectivity index (χ1) is 17.6. The van der Waals surface area contributed by atoms with Crippen molar-refractivity contribution in [3.63, 3.8) is 0 Å². The fourth-order valence-corrected chi connectivity index (χ4v) is 5.32. The van der Waals surface area contributed by atoms with Crippen LogP contribution in [0.15, 0.2) is 84.0 Å². The smallest absolute Gasteiger partial charge is 0.257 e. The van der Waals surface area contributed by atoms with Gasteiger partial charge in [0.2, 0.25) is 0 Å². The number of amides is 1. The Morgan fingerprint density at radius 2 is 1.75 bits per heavy atom. The lowest BCUT2D eigenvalue weighted by Crippen LogP contribution is -2.42. The van der Waals surface area contributed by atoms with E-state index in [0.29, 0.717) is 24.6 Å². The average Bonchev–Trinajstić information content (AvgIpc) is 3.36. The lowest BCUT2D eigenvalue weighted by molar-refractivity contribution is -0.134. The number of likely N-dealkylation sites (tertiary alicyclic amines) is 1. The van der Waals surface area contributed by atoms with Gasteiger partial charge in [0.05, 0.1) is 25.4 Å². The minimum Gasteiger partial charge on any atom is -0.496 e. The van der Waals surface area contributed by atoms with E-state index in [1.165, 1.54) is 17.7 Å². The van der Waals surface area contributed by atoms with Crippen molar-refractivity contribution in [3.05, 3.63) is 101 Å². The van der Waals surface area contributed by atoms with E-state index in [1.54, 1.807) is 18.2 Å². The molecule has 2 aliphatic heterocycles. The summed E-state index contributed by atoms with van der Waals surface area (Å²) in [6.07, 6.45) is 3.74. The molecule has 1 unspecified atom stereocenters. The van der Waals surface area contributed by atoms with Crippen LogP contribution >= 0.6 is 0 Å². The predicted octanol–water partition coefficient (Wildman–Crippen LogP) is 5.47. The number of hydrazone groups is 1. The van der Waals surface area contributed by atoms with Gasteiger partial charge in [-0.1, -0.05) is 54.6 Å². The number of carbonyl (C=O) groups is 1. The number of benzene rings is 3. The average molecular weight is 486 g/mol. The molecule has 0 spiro atoms. The van der Waals surface area contributed by atoms with E-state index >= 15 is 0 Å². The molecule has 3 aromatic rings. The Hall–Kier alpha value is -3.51. The van der Waals surface area contributed by atoms with Gasteiger partial charge in [-0.15, -0.1) is 0 Å². The Morgan fingerprint density at radius 3 is 2.50 bits per heavy atom. The Balaban J connectivity index is 1.29. The zero-order valence-electron chi connectivity index (χ0n) is 20.6. The first-order valence-corrected chi connectivity index (χ1v) is 12.7. The van der Waals surface area contributed by atoms with E-state index in [2.05, 4.69) is 35.2 Å². The number of hydrogen-bond acceptors (Lipinski definition) is 4. The highest BCUT2D eigenvalue weighted by Gasteiger charge is 2.35. The third-order valence-electron chi connectivity index (χ3n) is 7.25. The summed E-state index contributed by atoms with van der Waals surface area (Å²) in [6, 6.07) is 24.4. The highest BCUT2D eigenvalue weighted by atomic mass is 19.1. The molecule has 1 atom stereocenters. The second-order valence-electron chi connectivity index (χ2n) is 9.67. The molecule has 0 saturated carbocycles. The van der Waals surface area contributed by atoms with Gasteiger partial charge in [-0.25, -0.2) is 9.40 Å². The molecule has 3 aromatic carbocycles. The number of methoxy groups -OCH3 is 1. The van der Waals surface area contributed by atoms with Gasteiger partial charge in [-0.05, 0) is 73.7 Å². The molecular weight excluding hydrogens is 453 g/mol. The van der Waals surface area contributed by atoms with Crippen molar-refractivity contribution in [3.8, 4) is 5.75 Å². The Kier molecular flexibility index (Phi) is 7.42. The van der Waals surface area contributed by atoms with E-state index in [-0.39, 0.29) is 17.8 Å². The topological polar surface area (TPSA) is 45.1 Å². The number of halogens is 1. The normalized spacial score (nSPS) is 18.8. The maximum absolute atomic E-state index is 14.1. The summed E-state index contributed by atoms with van der Waals surface area (Å²) >= 11 is 0. The molecule has 36 heavy (non-hydrogen) atoms. The van der Waals surface area contributed by atoms with Crippen LogP contribution in [-0.4, -0.2) is 48.3 Å². The van der Waals surface area contributed by atoms with Gasteiger partial charge < -0.3 is 4.74 Å². The zero-order chi connectivity index (χ0) is 24.9. The van der Waals surface area contributed by atoms with Crippen LogP contribution in [0.3, 0.4) is 0 Å². The summed E-state index contributed by atoms with van der Waals surface area (Å²) in [5.41, 5.74) is 3.76. The van der Waals surface area contributed by atoms with Crippen LogP contribution in [0.25, 0.3) is 0 Å². The molecule has 0 N–H and O–H groups in total. The van der Waals surface area contributed by atoms with Gasteiger partial charge in [0.1, 0.15) is 11.6 Å². The SMILES string of the molecule is COc1ccccc1C1=NN(C(=O)CN2CCC(Cc3ccccc3)CC2)C(c2cccc(F)c2)C1. The van der Waals surface area contributed by atoms with E-state index in [1.807, 2.05) is 30.3 Å². The standard InChI is InChI=1S/C30H32FN3O2/c1-36-29-13-6-5-12-26(29)27-20-28(24-10-7-11-25(31)19-24)34(32-27)30(35)21-33-16-14-23(15-17-33)18-22-8-3-2-4-9-22/h2-13,19,23,28H,14-18,20-21H2,1H3. The monoisotopic (exact) mass is 485 g/mol. The van der Waals surface area contributed by atoms with Crippen molar-refractivity contribution in [2.75, 3.05) is 26.7 Å². The second kappa shape index (κ2) is 11.0. The predicted molar refractivity (Wildman–Crippen MR) is 139 cm³/mol. The first kappa shape index (κ1) is 24.2. The number of ether oxygens (including phenoxy) is 1. The summed E-state index contributed by atoms with van der Waals surface area (Å²) in [6.45, 7) is 2.10. The molecule has 0 aromatic heterocycles. The lowest BCUT2D eigenvalue weighted by Gasteiger charge is -2.33. The molecule has 2 aliphatic rings. The molecule has 2 heterocycles. The van der Waals surface area contributed by atoms with Crippen LogP contribution in [0.2, 0.25) is 0 Å².